The van der Waals surface area contributed by atoms with Gasteiger partial charge >= 0.3 is 0 Å². The van der Waals surface area contributed by atoms with Gasteiger partial charge in [-0.25, -0.2) is 4.68 Å². The Labute approximate surface area is 197 Å². The fraction of sp³-hybridized carbons (Fsp3) is 0.542. The summed E-state index contributed by atoms with van der Waals surface area (Å²) < 4.78 is 9.57. The van der Waals surface area contributed by atoms with Crippen LogP contribution in [0.4, 0.5) is 5.69 Å². The van der Waals surface area contributed by atoms with Crippen molar-refractivity contribution in [1.82, 2.24) is 24.5 Å². The van der Waals surface area contributed by atoms with Gasteiger partial charge in [-0.3, -0.25) is 14.4 Å². The molecule has 2 aliphatic heterocycles. The van der Waals surface area contributed by atoms with E-state index < -0.39 is 5.54 Å². The number of carbonyl (C=O) groups excluding carboxylic acids is 1. The van der Waals surface area contributed by atoms with Gasteiger partial charge in [-0.05, 0) is 44.2 Å². The topological polar surface area (TPSA) is 68.4 Å². The largest absolute Gasteiger partial charge is 0.371 e. The summed E-state index contributed by atoms with van der Waals surface area (Å²) in [5, 5.41) is 11.1. The van der Waals surface area contributed by atoms with E-state index in [9.17, 15) is 4.79 Å². The van der Waals surface area contributed by atoms with Gasteiger partial charge in [0.25, 0.3) is 0 Å². The molecule has 9 heteroatoms. The van der Waals surface area contributed by atoms with Crippen LogP contribution in [0.1, 0.15) is 26.2 Å². The summed E-state index contributed by atoms with van der Waals surface area (Å²) >= 11 is 6.72. The minimum atomic E-state index is -0.501. The number of piperazine rings is 1. The Morgan fingerprint density at radius 1 is 1.09 bits per heavy atom. The van der Waals surface area contributed by atoms with Gasteiger partial charge in [-0.1, -0.05) is 11.6 Å². The zero-order valence-electron chi connectivity index (χ0n) is 18.7. The number of hydrogen-bond donors (Lipinski definition) is 0. The Morgan fingerprint density at radius 2 is 1.88 bits per heavy atom. The number of fused-ring (bicyclic) bond motifs is 1. The van der Waals surface area contributed by atoms with E-state index in [4.69, 9.17) is 16.3 Å². The molecule has 3 saturated carbocycles. The van der Waals surface area contributed by atoms with Crippen molar-refractivity contribution in [2.75, 3.05) is 44.3 Å². The molecule has 4 heterocycles. The van der Waals surface area contributed by atoms with Crippen LogP contribution in [0.25, 0.3) is 16.6 Å². The number of anilines is 1. The Hall–Kier alpha value is -2.42. The zero-order valence-corrected chi connectivity index (χ0v) is 19.5. The molecule has 0 unspecified atom stereocenters. The van der Waals surface area contributed by atoms with Crippen molar-refractivity contribution in [2.24, 2.45) is 5.92 Å². The van der Waals surface area contributed by atoms with Crippen molar-refractivity contribution in [2.45, 2.75) is 37.3 Å². The first-order valence-corrected chi connectivity index (χ1v) is 12.2. The third-order valence-electron chi connectivity index (χ3n) is 8.48. The fourth-order valence-corrected chi connectivity index (χ4v) is 6.46. The zero-order chi connectivity index (χ0) is 22.4. The number of carbonyl (C=O) groups is 1. The van der Waals surface area contributed by atoms with E-state index >= 15 is 0 Å². The van der Waals surface area contributed by atoms with Gasteiger partial charge in [0.15, 0.2) is 5.78 Å². The summed E-state index contributed by atoms with van der Waals surface area (Å²) in [5.74, 6) is 1.09. The molecule has 2 aromatic heterocycles. The molecule has 8 nitrogen and oxygen atoms in total. The molecule has 8 rings (SSSR count). The van der Waals surface area contributed by atoms with E-state index in [0.29, 0.717) is 6.61 Å². The number of ether oxygens (including phenoxy) is 1. The number of ketones is 1. The van der Waals surface area contributed by atoms with E-state index in [1.54, 1.807) is 0 Å². The maximum atomic E-state index is 12.4. The molecule has 0 spiro atoms. The summed E-state index contributed by atoms with van der Waals surface area (Å²) in [6.07, 6.45) is 9.70. The van der Waals surface area contributed by atoms with Crippen molar-refractivity contribution < 1.29 is 9.53 Å². The highest BCUT2D eigenvalue weighted by atomic mass is 35.5. The highest BCUT2D eigenvalue weighted by Gasteiger charge is 2.58. The number of Topliss-reactive ketones (excluding diaryl/α,β-unsaturated/α-hetero) is 1. The first-order valence-electron chi connectivity index (χ1n) is 11.8. The fourth-order valence-electron chi connectivity index (χ4n) is 6.17. The molecule has 0 radical (unpaired) electrons. The molecule has 0 N–H and O–H groups in total. The lowest BCUT2D eigenvalue weighted by Crippen LogP contribution is -2.59. The normalized spacial score (nSPS) is 31.8. The third kappa shape index (κ3) is 2.80. The number of aromatic nitrogens is 4. The van der Waals surface area contributed by atoms with Crippen LogP contribution in [0.15, 0.2) is 30.7 Å². The van der Waals surface area contributed by atoms with Gasteiger partial charge in [0.1, 0.15) is 17.8 Å². The Balaban J connectivity index is 1.16. The first kappa shape index (κ1) is 20.0. The molecule has 5 aliphatic rings. The van der Waals surface area contributed by atoms with E-state index in [1.807, 2.05) is 30.1 Å². The Morgan fingerprint density at radius 3 is 2.55 bits per heavy atom. The molecule has 2 saturated heterocycles. The second-order valence-corrected chi connectivity index (χ2v) is 10.8. The summed E-state index contributed by atoms with van der Waals surface area (Å²) in [6, 6.07) is 4.15. The summed E-state index contributed by atoms with van der Waals surface area (Å²) in [4.78, 5) is 16.9. The number of halogens is 1. The van der Waals surface area contributed by atoms with Crippen LogP contribution >= 0.6 is 11.6 Å². The quantitative estimate of drug-likeness (QED) is 0.589. The van der Waals surface area contributed by atoms with Crippen LogP contribution in [-0.4, -0.2) is 75.2 Å². The Kier molecular flexibility index (Phi) is 4.12. The molecule has 1 atom stereocenters. The molecule has 172 valence electrons. The summed E-state index contributed by atoms with van der Waals surface area (Å²) in [6.45, 7) is 5.93. The molecule has 3 aromatic rings. The van der Waals surface area contributed by atoms with Crippen molar-refractivity contribution in [3.05, 3.63) is 35.7 Å². The minimum Gasteiger partial charge on any atom is -0.371 e. The van der Waals surface area contributed by atoms with Crippen molar-refractivity contribution in [3.63, 3.8) is 0 Å². The molecule has 0 amide bonds. The summed E-state index contributed by atoms with van der Waals surface area (Å²) in [7, 11) is 0. The van der Waals surface area contributed by atoms with E-state index in [2.05, 4.69) is 36.9 Å². The molecule has 3 aliphatic carbocycles. The number of rotatable bonds is 4. The second-order valence-electron chi connectivity index (χ2n) is 10.4. The van der Waals surface area contributed by atoms with Crippen molar-refractivity contribution >= 4 is 34.0 Å². The smallest absolute Gasteiger partial charge is 0.180 e. The molecular formula is C24H27ClN6O2. The monoisotopic (exact) mass is 466 g/mol. The number of benzene rings is 1. The predicted octanol–water partition coefficient (Wildman–Crippen LogP) is 2.86. The highest BCUT2D eigenvalue weighted by Crippen LogP contribution is 2.62. The minimum absolute atomic E-state index is 0.179. The lowest BCUT2D eigenvalue weighted by molar-refractivity contribution is -0.126. The molecule has 5 fully saturated rings. The predicted molar refractivity (Wildman–Crippen MR) is 125 cm³/mol. The lowest BCUT2D eigenvalue weighted by Gasteiger charge is -2.61. The van der Waals surface area contributed by atoms with Crippen molar-refractivity contribution in [1.29, 1.82) is 0 Å². The van der Waals surface area contributed by atoms with Crippen LogP contribution in [0.2, 0.25) is 5.02 Å². The first-order chi connectivity index (χ1) is 16.0. The maximum Gasteiger partial charge on any atom is 0.180 e. The van der Waals surface area contributed by atoms with Crippen molar-refractivity contribution in [3.8, 4) is 5.69 Å². The standard InChI is InChI=1S/C24H27ClN6O2/c1-23(15-33-14-22(23)32)29-4-2-28(3-5-29)21-7-20-17(6-19(21)25)11-27-31(20)18-12-26-30(13-18)24-8-16(9-24)10-24/h6-7,11-13,16H,2-5,8-10,14-15H2,1H3/t16?,23-,24?/m0/s1. The average Bonchev–Trinajstić information content (AvgIpc) is 3.45. The Bertz CT molecular complexity index is 1260. The van der Waals surface area contributed by atoms with E-state index in [0.717, 1.165) is 59.4 Å². The molecular weight excluding hydrogens is 440 g/mol. The van der Waals surface area contributed by atoms with Gasteiger partial charge in [0, 0.05) is 31.6 Å². The van der Waals surface area contributed by atoms with Crippen LogP contribution in [0, 0.1) is 5.92 Å². The van der Waals surface area contributed by atoms with Crippen LogP contribution < -0.4 is 4.90 Å². The van der Waals surface area contributed by atoms with Crippen LogP contribution in [0.5, 0.6) is 0 Å². The van der Waals surface area contributed by atoms with Gasteiger partial charge in [0.2, 0.25) is 0 Å². The van der Waals surface area contributed by atoms with Gasteiger partial charge in [-0.2, -0.15) is 10.2 Å². The van der Waals surface area contributed by atoms with Gasteiger partial charge in [-0.15, -0.1) is 0 Å². The maximum absolute atomic E-state index is 12.4. The van der Waals surface area contributed by atoms with E-state index in [-0.39, 0.29) is 17.9 Å². The average molecular weight is 467 g/mol. The summed E-state index contributed by atoms with van der Waals surface area (Å²) in [5.41, 5.74) is 2.79. The molecule has 33 heavy (non-hydrogen) atoms. The van der Waals surface area contributed by atoms with Crippen LogP contribution in [-0.2, 0) is 15.1 Å². The second kappa shape index (κ2) is 6.81. The SMILES string of the molecule is C[C@]1(N2CCN(c3cc4c(cnn4-c4cnn(C56CC(C5)C6)c4)cc3Cl)CC2)COCC1=O. The number of nitrogens with zero attached hydrogens (tertiary/aromatic N) is 6. The third-order valence-corrected chi connectivity index (χ3v) is 8.78. The van der Waals surface area contributed by atoms with Gasteiger partial charge < -0.3 is 9.64 Å². The van der Waals surface area contributed by atoms with E-state index in [1.165, 1.54) is 19.3 Å². The number of hydrogen-bond acceptors (Lipinski definition) is 6. The highest BCUT2D eigenvalue weighted by molar-refractivity contribution is 6.34. The van der Waals surface area contributed by atoms with Crippen LogP contribution in [0.3, 0.4) is 0 Å². The molecule has 1 aromatic carbocycles. The van der Waals surface area contributed by atoms with Gasteiger partial charge in [0.05, 0.1) is 47.0 Å². The molecule has 2 bridgehead atoms. The lowest BCUT2D eigenvalue weighted by atomic mass is 9.50.